The zero-order valence-electron chi connectivity index (χ0n) is 15.1. The molecule has 2 aromatic rings. The fourth-order valence-corrected chi connectivity index (χ4v) is 3.55. The molecule has 3 rings (SSSR count). The molecule has 0 spiro atoms. The van der Waals surface area contributed by atoms with E-state index in [4.69, 9.17) is 5.73 Å². The maximum atomic E-state index is 13.1. The van der Waals surface area contributed by atoms with Crippen LogP contribution in [-0.2, 0) is 0 Å². The SMILES string of the molecule is Cc1nn(-c2ccccc2)c(C)c1C(=O)N1CCCC(C(C)N)C1.Cl. The molecule has 136 valence electrons. The lowest BCUT2D eigenvalue weighted by Gasteiger charge is -2.34. The Balaban J connectivity index is 0.00000225. The molecule has 1 aromatic carbocycles. The van der Waals surface area contributed by atoms with Crippen molar-refractivity contribution in [3.05, 3.63) is 47.3 Å². The van der Waals surface area contributed by atoms with Crippen molar-refractivity contribution in [1.29, 1.82) is 0 Å². The lowest BCUT2D eigenvalue weighted by molar-refractivity contribution is 0.0659. The topological polar surface area (TPSA) is 64.2 Å². The van der Waals surface area contributed by atoms with Gasteiger partial charge < -0.3 is 10.6 Å². The van der Waals surface area contributed by atoms with E-state index >= 15 is 0 Å². The van der Waals surface area contributed by atoms with Crippen LogP contribution in [0.5, 0.6) is 0 Å². The number of hydrogen-bond acceptors (Lipinski definition) is 3. The lowest BCUT2D eigenvalue weighted by atomic mass is 9.91. The first-order chi connectivity index (χ1) is 11.5. The summed E-state index contributed by atoms with van der Waals surface area (Å²) < 4.78 is 1.86. The van der Waals surface area contributed by atoms with Crippen molar-refractivity contribution in [2.45, 2.75) is 39.7 Å². The third-order valence-corrected chi connectivity index (χ3v) is 4.99. The Hall–Kier alpha value is -1.85. The minimum absolute atomic E-state index is 0. The largest absolute Gasteiger partial charge is 0.338 e. The van der Waals surface area contributed by atoms with Gasteiger partial charge in [0.15, 0.2) is 0 Å². The van der Waals surface area contributed by atoms with Gasteiger partial charge >= 0.3 is 0 Å². The molecule has 6 heteroatoms. The first-order valence-corrected chi connectivity index (χ1v) is 8.65. The summed E-state index contributed by atoms with van der Waals surface area (Å²) in [6.45, 7) is 7.45. The molecule has 5 nitrogen and oxygen atoms in total. The predicted octanol–water partition coefficient (Wildman–Crippen LogP) is 3.11. The van der Waals surface area contributed by atoms with Crippen molar-refractivity contribution in [1.82, 2.24) is 14.7 Å². The lowest BCUT2D eigenvalue weighted by Crippen LogP contribution is -2.45. The molecule has 2 N–H and O–H groups in total. The van der Waals surface area contributed by atoms with Crippen LogP contribution in [0.3, 0.4) is 0 Å². The van der Waals surface area contributed by atoms with Crippen LogP contribution in [0.2, 0.25) is 0 Å². The fraction of sp³-hybridized carbons (Fsp3) is 0.474. The minimum Gasteiger partial charge on any atom is -0.338 e. The number of halogens is 1. The first-order valence-electron chi connectivity index (χ1n) is 8.65. The number of piperidine rings is 1. The molecule has 1 amide bonds. The van der Waals surface area contributed by atoms with Crippen molar-refractivity contribution in [3.63, 3.8) is 0 Å². The third kappa shape index (κ3) is 3.88. The van der Waals surface area contributed by atoms with E-state index in [1.165, 1.54) is 0 Å². The van der Waals surface area contributed by atoms with Crippen LogP contribution in [0.15, 0.2) is 30.3 Å². The van der Waals surface area contributed by atoms with Gasteiger partial charge in [-0.25, -0.2) is 4.68 Å². The highest BCUT2D eigenvalue weighted by molar-refractivity contribution is 5.96. The molecular weight excluding hydrogens is 336 g/mol. The second-order valence-corrected chi connectivity index (χ2v) is 6.81. The Morgan fingerprint density at radius 1 is 1.28 bits per heavy atom. The number of likely N-dealkylation sites (tertiary alicyclic amines) is 1. The fourth-order valence-electron chi connectivity index (χ4n) is 3.55. The highest BCUT2D eigenvalue weighted by atomic mass is 35.5. The van der Waals surface area contributed by atoms with Gasteiger partial charge in [-0.2, -0.15) is 5.10 Å². The van der Waals surface area contributed by atoms with E-state index in [1.807, 2.05) is 60.7 Å². The predicted molar refractivity (Wildman–Crippen MR) is 103 cm³/mol. The van der Waals surface area contributed by atoms with E-state index < -0.39 is 0 Å². The Kier molecular flexibility index (Phi) is 6.25. The molecule has 2 unspecified atom stereocenters. The number of para-hydroxylation sites is 1. The van der Waals surface area contributed by atoms with Crippen molar-refractivity contribution in [3.8, 4) is 5.69 Å². The summed E-state index contributed by atoms with van der Waals surface area (Å²) in [4.78, 5) is 15.0. The van der Waals surface area contributed by atoms with E-state index in [9.17, 15) is 4.79 Å². The van der Waals surface area contributed by atoms with Crippen LogP contribution in [0.25, 0.3) is 5.69 Å². The Morgan fingerprint density at radius 3 is 2.60 bits per heavy atom. The van der Waals surface area contributed by atoms with E-state index in [1.54, 1.807) is 0 Å². The molecule has 1 saturated heterocycles. The van der Waals surface area contributed by atoms with Gasteiger partial charge in [0.05, 0.1) is 22.6 Å². The third-order valence-electron chi connectivity index (χ3n) is 4.99. The second-order valence-electron chi connectivity index (χ2n) is 6.81. The first kappa shape index (κ1) is 19.5. The van der Waals surface area contributed by atoms with E-state index in [0.29, 0.717) is 5.92 Å². The van der Waals surface area contributed by atoms with Crippen LogP contribution >= 0.6 is 12.4 Å². The molecule has 25 heavy (non-hydrogen) atoms. The van der Waals surface area contributed by atoms with Gasteiger partial charge in [0.25, 0.3) is 5.91 Å². The van der Waals surface area contributed by atoms with Crippen LogP contribution in [0.1, 0.15) is 41.5 Å². The standard InChI is InChI=1S/C19H26N4O.ClH/c1-13(20)16-8-7-11-22(12-16)19(24)18-14(2)21-23(15(18)3)17-9-5-4-6-10-17;/h4-6,9-10,13,16H,7-8,11-12,20H2,1-3H3;1H. The monoisotopic (exact) mass is 362 g/mol. The van der Waals surface area contributed by atoms with Gasteiger partial charge in [-0.15, -0.1) is 12.4 Å². The van der Waals surface area contributed by atoms with E-state index in [2.05, 4.69) is 5.10 Å². The van der Waals surface area contributed by atoms with Crippen molar-refractivity contribution >= 4 is 18.3 Å². The normalized spacial score (nSPS) is 18.6. The van der Waals surface area contributed by atoms with Gasteiger partial charge in [0.1, 0.15) is 0 Å². The summed E-state index contributed by atoms with van der Waals surface area (Å²) in [5, 5.41) is 4.59. The Labute approximate surface area is 155 Å². The number of amides is 1. The minimum atomic E-state index is 0. The number of rotatable bonds is 3. The smallest absolute Gasteiger partial charge is 0.257 e. The number of hydrogen-bond donors (Lipinski definition) is 1. The van der Waals surface area contributed by atoms with Crippen LogP contribution in [0.4, 0.5) is 0 Å². The van der Waals surface area contributed by atoms with Crippen LogP contribution in [-0.4, -0.2) is 39.7 Å². The van der Waals surface area contributed by atoms with E-state index in [-0.39, 0.29) is 24.4 Å². The summed E-state index contributed by atoms with van der Waals surface area (Å²) in [5.74, 6) is 0.463. The summed E-state index contributed by atoms with van der Waals surface area (Å²) in [6.07, 6.45) is 2.12. The number of aryl methyl sites for hydroxylation is 1. The van der Waals surface area contributed by atoms with Crippen molar-refractivity contribution in [2.75, 3.05) is 13.1 Å². The molecule has 0 bridgehead atoms. The Bertz CT molecular complexity index is 727. The highest BCUT2D eigenvalue weighted by Gasteiger charge is 2.29. The zero-order valence-corrected chi connectivity index (χ0v) is 15.9. The highest BCUT2D eigenvalue weighted by Crippen LogP contribution is 2.24. The molecule has 0 saturated carbocycles. The van der Waals surface area contributed by atoms with Crippen LogP contribution < -0.4 is 5.73 Å². The number of carbonyl (C=O) groups is 1. The zero-order chi connectivity index (χ0) is 17.3. The number of benzene rings is 1. The van der Waals surface area contributed by atoms with Gasteiger partial charge in [-0.1, -0.05) is 18.2 Å². The summed E-state index contributed by atoms with van der Waals surface area (Å²) >= 11 is 0. The number of nitrogens with zero attached hydrogens (tertiary/aromatic N) is 3. The summed E-state index contributed by atoms with van der Waals surface area (Å²) in [5.41, 5.74) is 9.43. The Morgan fingerprint density at radius 2 is 1.96 bits per heavy atom. The molecule has 1 aliphatic rings. The molecule has 0 aliphatic carbocycles. The van der Waals surface area contributed by atoms with Gasteiger partial charge in [0, 0.05) is 19.1 Å². The van der Waals surface area contributed by atoms with E-state index in [0.717, 1.165) is 48.6 Å². The molecule has 2 atom stereocenters. The van der Waals surface area contributed by atoms with Gasteiger partial charge in [0.2, 0.25) is 0 Å². The molecule has 0 radical (unpaired) electrons. The molecule has 1 fully saturated rings. The average Bonchev–Trinajstić information content (AvgIpc) is 2.89. The van der Waals surface area contributed by atoms with Crippen LogP contribution in [0, 0.1) is 19.8 Å². The molecule has 2 heterocycles. The molecule has 1 aliphatic heterocycles. The maximum Gasteiger partial charge on any atom is 0.257 e. The van der Waals surface area contributed by atoms with Crippen molar-refractivity contribution in [2.24, 2.45) is 11.7 Å². The summed E-state index contributed by atoms with van der Waals surface area (Å²) in [7, 11) is 0. The van der Waals surface area contributed by atoms with Gasteiger partial charge in [-0.05, 0) is 51.7 Å². The maximum absolute atomic E-state index is 13.1. The van der Waals surface area contributed by atoms with Crippen molar-refractivity contribution < 1.29 is 4.79 Å². The quantitative estimate of drug-likeness (QED) is 0.912. The number of carbonyl (C=O) groups excluding carboxylic acids is 1. The number of nitrogens with two attached hydrogens (primary N) is 1. The second kappa shape index (κ2) is 8.02. The van der Waals surface area contributed by atoms with Gasteiger partial charge in [-0.3, -0.25) is 4.79 Å². The average molecular weight is 363 g/mol. The molecule has 1 aromatic heterocycles. The number of aromatic nitrogens is 2. The molecular formula is C19H27ClN4O. The summed E-state index contributed by atoms with van der Waals surface area (Å²) in [6, 6.07) is 10.1.